The summed E-state index contributed by atoms with van der Waals surface area (Å²) in [5.41, 5.74) is 2.70. The fraction of sp³-hybridized carbons (Fsp3) is 0.353. The second kappa shape index (κ2) is 5.79. The number of allylic oxidation sites excluding steroid dienone is 2. The van der Waals surface area contributed by atoms with Crippen LogP contribution in [0.4, 0.5) is 0 Å². The molecule has 1 unspecified atom stereocenters. The van der Waals surface area contributed by atoms with Crippen molar-refractivity contribution < 1.29 is 4.79 Å². The maximum Gasteiger partial charge on any atom is 0.161 e. The Labute approximate surface area is 129 Å². The predicted octanol–water partition coefficient (Wildman–Crippen LogP) is 2.95. The normalized spacial score (nSPS) is 25.1. The smallest absolute Gasteiger partial charge is 0.161 e. The highest BCUT2D eigenvalue weighted by Gasteiger charge is 2.35. The number of hydrogen-bond acceptors (Lipinski definition) is 4. The van der Waals surface area contributed by atoms with E-state index in [0.29, 0.717) is 17.9 Å². The molecule has 0 spiro atoms. The largest absolute Gasteiger partial charge is 0.763 e. The fourth-order valence-electron chi connectivity index (χ4n) is 3.16. The third-order valence-electron chi connectivity index (χ3n) is 4.15. The zero-order valence-electron chi connectivity index (χ0n) is 11.6. The van der Waals surface area contributed by atoms with E-state index in [1.54, 1.807) is 0 Å². The highest BCUT2D eigenvalue weighted by molar-refractivity contribution is 7.77. The van der Waals surface area contributed by atoms with Crippen molar-refractivity contribution in [2.75, 3.05) is 0 Å². The molecule has 0 N–H and O–H groups in total. The number of carbonyl (C=O) groups excluding carboxylic acids is 1. The van der Waals surface area contributed by atoms with E-state index in [-0.39, 0.29) is 11.7 Å². The first-order valence-electron chi connectivity index (χ1n) is 7.16. The SMILES string of the molecule is N#CC1C([S-])=NC2=C(C(=O)CCC2)[C@@H]1Cc1ccccc1. The van der Waals surface area contributed by atoms with Crippen LogP contribution < -0.4 is 0 Å². The van der Waals surface area contributed by atoms with E-state index in [0.717, 1.165) is 29.7 Å². The summed E-state index contributed by atoms with van der Waals surface area (Å²) in [6.07, 6.45) is 2.85. The van der Waals surface area contributed by atoms with Crippen molar-refractivity contribution in [1.82, 2.24) is 0 Å². The van der Waals surface area contributed by atoms with Crippen molar-refractivity contribution in [3.8, 4) is 6.07 Å². The van der Waals surface area contributed by atoms with E-state index < -0.39 is 5.92 Å². The van der Waals surface area contributed by atoms with Crippen LogP contribution in [0, 0.1) is 23.2 Å². The van der Waals surface area contributed by atoms with Crippen LogP contribution in [0.5, 0.6) is 0 Å². The summed E-state index contributed by atoms with van der Waals surface area (Å²) in [5.74, 6) is -0.477. The first kappa shape index (κ1) is 14.0. The van der Waals surface area contributed by atoms with Crippen molar-refractivity contribution in [1.29, 1.82) is 5.26 Å². The van der Waals surface area contributed by atoms with Crippen LogP contribution in [0.15, 0.2) is 46.6 Å². The second-order valence-electron chi connectivity index (χ2n) is 5.49. The van der Waals surface area contributed by atoms with E-state index in [1.165, 1.54) is 0 Å². The molecule has 2 atom stereocenters. The molecule has 1 aliphatic heterocycles. The zero-order chi connectivity index (χ0) is 14.8. The number of ketones is 1. The number of hydrogen-bond donors (Lipinski definition) is 0. The average Bonchev–Trinajstić information content (AvgIpc) is 2.48. The molecular weight excluding hydrogens is 280 g/mol. The van der Waals surface area contributed by atoms with Gasteiger partial charge < -0.3 is 12.6 Å². The van der Waals surface area contributed by atoms with Gasteiger partial charge >= 0.3 is 0 Å². The first-order chi connectivity index (χ1) is 10.2. The molecule has 0 bridgehead atoms. The van der Waals surface area contributed by atoms with Gasteiger partial charge in [-0.05, 0) is 24.8 Å². The van der Waals surface area contributed by atoms with E-state index in [9.17, 15) is 10.1 Å². The molecule has 0 radical (unpaired) electrons. The third-order valence-corrected chi connectivity index (χ3v) is 4.50. The highest BCUT2D eigenvalue weighted by Crippen LogP contribution is 2.38. The summed E-state index contributed by atoms with van der Waals surface area (Å²) in [6.45, 7) is 0. The molecule has 1 heterocycles. The van der Waals surface area contributed by atoms with Gasteiger partial charge in [-0.1, -0.05) is 35.4 Å². The lowest BCUT2D eigenvalue weighted by Gasteiger charge is -2.35. The Bertz CT molecular complexity index is 670. The Morgan fingerprint density at radius 2 is 2.05 bits per heavy atom. The van der Waals surface area contributed by atoms with E-state index in [1.807, 2.05) is 30.3 Å². The minimum Gasteiger partial charge on any atom is -0.763 e. The van der Waals surface area contributed by atoms with Crippen molar-refractivity contribution in [2.24, 2.45) is 16.8 Å². The monoisotopic (exact) mass is 295 g/mol. The Kier molecular flexibility index (Phi) is 3.85. The lowest BCUT2D eigenvalue weighted by molar-refractivity contribution is -0.116. The summed E-state index contributed by atoms with van der Waals surface area (Å²) in [5, 5.41) is 9.89. The van der Waals surface area contributed by atoms with Crippen LogP contribution >= 0.6 is 0 Å². The van der Waals surface area contributed by atoms with Crippen LogP contribution in [0.2, 0.25) is 0 Å². The Morgan fingerprint density at radius 1 is 1.29 bits per heavy atom. The van der Waals surface area contributed by atoms with E-state index in [2.05, 4.69) is 11.1 Å². The fourth-order valence-corrected chi connectivity index (χ4v) is 3.49. The molecule has 21 heavy (non-hydrogen) atoms. The maximum atomic E-state index is 12.3. The van der Waals surface area contributed by atoms with Crippen molar-refractivity contribution in [2.45, 2.75) is 25.7 Å². The number of Topliss-reactive ketones (excluding diaryl/α,β-unsaturated/α-hetero) is 1. The minimum absolute atomic E-state index is 0.142. The van der Waals surface area contributed by atoms with Crippen LogP contribution in [-0.2, 0) is 23.8 Å². The topological polar surface area (TPSA) is 53.2 Å². The third kappa shape index (κ3) is 2.62. The Hall–Kier alpha value is -1.99. The lowest BCUT2D eigenvalue weighted by Crippen LogP contribution is -2.33. The van der Waals surface area contributed by atoms with Crippen LogP contribution in [0.3, 0.4) is 0 Å². The average molecular weight is 295 g/mol. The van der Waals surface area contributed by atoms with Crippen LogP contribution in [-0.4, -0.2) is 10.8 Å². The molecule has 3 rings (SSSR count). The van der Waals surface area contributed by atoms with Crippen molar-refractivity contribution in [3.63, 3.8) is 0 Å². The molecule has 4 heteroatoms. The van der Waals surface area contributed by atoms with Gasteiger partial charge in [-0.2, -0.15) is 5.26 Å². The molecule has 1 aromatic carbocycles. The summed E-state index contributed by atoms with van der Waals surface area (Å²) >= 11 is 5.29. The molecule has 1 aliphatic carbocycles. The molecule has 0 saturated carbocycles. The van der Waals surface area contributed by atoms with Gasteiger partial charge in [-0.3, -0.25) is 9.79 Å². The van der Waals surface area contributed by atoms with Crippen molar-refractivity contribution in [3.05, 3.63) is 47.2 Å². The van der Waals surface area contributed by atoms with Gasteiger partial charge in [0, 0.05) is 23.6 Å². The van der Waals surface area contributed by atoms with Crippen LogP contribution in [0.25, 0.3) is 0 Å². The Balaban J connectivity index is 2.02. The van der Waals surface area contributed by atoms with Gasteiger partial charge in [-0.15, -0.1) is 0 Å². The van der Waals surface area contributed by atoms with Gasteiger partial charge in [0.15, 0.2) is 5.78 Å². The van der Waals surface area contributed by atoms with Crippen molar-refractivity contribution >= 4 is 23.5 Å². The summed E-state index contributed by atoms with van der Waals surface area (Å²) in [4.78, 5) is 16.7. The van der Waals surface area contributed by atoms with E-state index >= 15 is 0 Å². The summed E-state index contributed by atoms with van der Waals surface area (Å²) in [6, 6.07) is 12.2. The first-order valence-corrected chi connectivity index (χ1v) is 7.57. The second-order valence-corrected chi connectivity index (χ2v) is 5.91. The summed E-state index contributed by atoms with van der Waals surface area (Å²) in [7, 11) is 0. The van der Waals surface area contributed by atoms with Crippen LogP contribution in [0.1, 0.15) is 24.8 Å². The molecule has 1 aromatic rings. The summed E-state index contributed by atoms with van der Waals surface area (Å²) < 4.78 is 0. The zero-order valence-corrected chi connectivity index (χ0v) is 12.4. The number of carbonyl (C=O) groups is 1. The molecule has 0 aromatic heterocycles. The molecular formula is C17H15N2OS-. The van der Waals surface area contributed by atoms with Gasteiger partial charge in [0.25, 0.3) is 0 Å². The van der Waals surface area contributed by atoms with Gasteiger partial charge in [0.1, 0.15) is 0 Å². The number of nitriles is 1. The van der Waals surface area contributed by atoms with Gasteiger partial charge in [0.05, 0.1) is 12.0 Å². The molecule has 106 valence electrons. The molecule has 3 nitrogen and oxygen atoms in total. The quantitative estimate of drug-likeness (QED) is 0.788. The van der Waals surface area contributed by atoms with Gasteiger partial charge in [0.2, 0.25) is 0 Å². The molecule has 2 aliphatic rings. The molecule has 0 fully saturated rings. The number of benzene rings is 1. The predicted molar refractivity (Wildman–Crippen MR) is 83.4 cm³/mol. The highest BCUT2D eigenvalue weighted by atomic mass is 32.1. The lowest BCUT2D eigenvalue weighted by atomic mass is 9.75. The molecule has 0 saturated heterocycles. The molecule has 0 amide bonds. The minimum atomic E-state index is -0.471. The number of rotatable bonds is 2. The standard InChI is InChI=1S/C17H16N2OS/c18-10-13-12(9-11-5-2-1-3-6-11)16-14(19-17(13)21)7-4-8-15(16)20/h1-3,5-6,12-13H,4,7-9H2,(H,19,21)/p-1/t12-,13?/m1/s1. The maximum absolute atomic E-state index is 12.3. The Morgan fingerprint density at radius 3 is 2.76 bits per heavy atom. The van der Waals surface area contributed by atoms with E-state index in [4.69, 9.17) is 12.6 Å². The number of aliphatic imine (C=N–C) groups is 1. The van der Waals surface area contributed by atoms with Gasteiger partial charge in [-0.25, -0.2) is 0 Å². The number of nitrogens with zero attached hydrogens (tertiary/aromatic N) is 2.